The summed E-state index contributed by atoms with van der Waals surface area (Å²) in [7, 11) is 3.17. The molecule has 0 radical (unpaired) electrons. The third-order valence-corrected chi connectivity index (χ3v) is 5.90. The molecule has 1 aromatic heterocycles. The van der Waals surface area contributed by atoms with E-state index in [9.17, 15) is 4.79 Å². The molecule has 0 atom stereocenters. The van der Waals surface area contributed by atoms with Crippen LogP contribution in [0.3, 0.4) is 0 Å². The van der Waals surface area contributed by atoms with Crippen molar-refractivity contribution < 1.29 is 14.3 Å². The van der Waals surface area contributed by atoms with Gasteiger partial charge in [0.05, 0.1) is 24.4 Å². The molecule has 0 bridgehead atoms. The Labute approximate surface area is 184 Å². The first-order valence-corrected chi connectivity index (χ1v) is 10.6. The smallest absolute Gasteiger partial charge is 0.319 e. The van der Waals surface area contributed by atoms with Crippen LogP contribution in [-0.2, 0) is 6.54 Å². The number of methoxy groups -OCH3 is 2. The van der Waals surface area contributed by atoms with E-state index in [1.165, 1.54) is 10.3 Å². The van der Waals surface area contributed by atoms with Gasteiger partial charge in [-0.1, -0.05) is 12.1 Å². The van der Waals surface area contributed by atoms with Gasteiger partial charge >= 0.3 is 6.03 Å². The topological polar surface area (TPSA) is 72.5 Å². The molecule has 0 spiro atoms. The van der Waals surface area contributed by atoms with Crippen molar-refractivity contribution in [1.29, 1.82) is 0 Å². The Kier molecular flexibility index (Phi) is 6.04. The van der Waals surface area contributed by atoms with Crippen molar-refractivity contribution in [2.24, 2.45) is 0 Å². The minimum Gasteiger partial charge on any atom is -0.493 e. The number of benzene rings is 3. The van der Waals surface area contributed by atoms with E-state index in [1.54, 1.807) is 25.6 Å². The summed E-state index contributed by atoms with van der Waals surface area (Å²) in [6, 6.07) is 19.2. The maximum Gasteiger partial charge on any atom is 0.319 e. The van der Waals surface area contributed by atoms with E-state index >= 15 is 0 Å². The number of nitrogens with zero attached hydrogens (tertiary/aromatic N) is 1. The van der Waals surface area contributed by atoms with Crippen LogP contribution in [0.2, 0.25) is 0 Å². The summed E-state index contributed by atoms with van der Waals surface area (Å²) >= 11 is 1.67. The number of amides is 2. The quantitative estimate of drug-likeness (QED) is 0.414. The molecule has 2 amide bonds. The Bertz CT molecular complexity index is 1220. The minimum atomic E-state index is -0.280. The SMILES string of the molecule is COc1ccc(CNC(=O)Nc2ccc(-c3nc4ccc(C)cc4s3)cc2)cc1OC. The van der Waals surface area contributed by atoms with Crippen molar-refractivity contribution in [3.63, 3.8) is 0 Å². The van der Waals surface area contributed by atoms with Crippen LogP contribution in [0.5, 0.6) is 11.5 Å². The van der Waals surface area contributed by atoms with Crippen LogP contribution in [0, 0.1) is 6.92 Å². The largest absolute Gasteiger partial charge is 0.493 e. The van der Waals surface area contributed by atoms with Gasteiger partial charge in [0.15, 0.2) is 11.5 Å². The lowest BCUT2D eigenvalue weighted by Gasteiger charge is -2.11. The molecule has 0 aliphatic heterocycles. The number of carbonyl (C=O) groups is 1. The van der Waals surface area contributed by atoms with Gasteiger partial charge < -0.3 is 20.1 Å². The highest BCUT2D eigenvalue weighted by atomic mass is 32.1. The Hall–Kier alpha value is -3.58. The molecule has 4 aromatic rings. The Morgan fingerprint density at radius 3 is 2.48 bits per heavy atom. The molecule has 3 aromatic carbocycles. The number of rotatable bonds is 6. The second kappa shape index (κ2) is 9.06. The molecular formula is C24H23N3O3S. The van der Waals surface area contributed by atoms with Crippen LogP contribution in [0.4, 0.5) is 10.5 Å². The first-order valence-electron chi connectivity index (χ1n) is 9.79. The van der Waals surface area contributed by atoms with E-state index in [0.717, 1.165) is 21.7 Å². The lowest BCUT2D eigenvalue weighted by Crippen LogP contribution is -2.28. The molecule has 6 nitrogen and oxygen atoms in total. The maximum atomic E-state index is 12.3. The van der Waals surface area contributed by atoms with Gasteiger partial charge in [-0.15, -0.1) is 11.3 Å². The normalized spacial score (nSPS) is 10.7. The number of anilines is 1. The number of ether oxygens (including phenoxy) is 2. The second-order valence-corrected chi connectivity index (χ2v) is 8.10. The fourth-order valence-corrected chi connectivity index (χ4v) is 4.27. The standard InChI is InChI=1S/C24H23N3O3S/c1-15-4-10-19-22(12-15)31-23(27-19)17-6-8-18(9-7-17)26-24(28)25-14-16-5-11-20(29-2)21(13-16)30-3/h4-13H,14H2,1-3H3,(H2,25,26,28). The molecule has 7 heteroatoms. The highest BCUT2D eigenvalue weighted by molar-refractivity contribution is 7.21. The summed E-state index contributed by atoms with van der Waals surface area (Å²) in [6.45, 7) is 2.45. The summed E-state index contributed by atoms with van der Waals surface area (Å²) in [5.41, 5.74) is 4.87. The molecule has 2 N–H and O–H groups in total. The maximum absolute atomic E-state index is 12.3. The number of carbonyl (C=O) groups excluding carboxylic acids is 1. The lowest BCUT2D eigenvalue weighted by molar-refractivity contribution is 0.251. The zero-order valence-corrected chi connectivity index (χ0v) is 18.4. The highest BCUT2D eigenvalue weighted by Crippen LogP contribution is 2.31. The number of nitrogens with one attached hydrogen (secondary N) is 2. The number of urea groups is 1. The van der Waals surface area contributed by atoms with E-state index in [2.05, 4.69) is 29.7 Å². The van der Waals surface area contributed by atoms with Crippen LogP contribution in [-0.4, -0.2) is 25.2 Å². The van der Waals surface area contributed by atoms with Gasteiger partial charge in [-0.05, 0) is 66.6 Å². The molecule has 0 unspecified atom stereocenters. The molecule has 4 rings (SSSR count). The molecule has 0 aliphatic carbocycles. The van der Waals surface area contributed by atoms with E-state index in [-0.39, 0.29) is 6.03 Å². The number of hydrogen-bond donors (Lipinski definition) is 2. The fourth-order valence-electron chi connectivity index (χ4n) is 3.20. The van der Waals surface area contributed by atoms with Crippen LogP contribution >= 0.6 is 11.3 Å². The third-order valence-electron chi connectivity index (χ3n) is 4.83. The van der Waals surface area contributed by atoms with Gasteiger partial charge in [-0.3, -0.25) is 0 Å². The average Bonchev–Trinajstić information content (AvgIpc) is 3.21. The van der Waals surface area contributed by atoms with E-state index < -0.39 is 0 Å². The van der Waals surface area contributed by atoms with Crippen molar-refractivity contribution in [2.45, 2.75) is 13.5 Å². The Morgan fingerprint density at radius 1 is 0.968 bits per heavy atom. The van der Waals surface area contributed by atoms with Crippen LogP contribution in [0.15, 0.2) is 60.7 Å². The zero-order valence-electron chi connectivity index (χ0n) is 17.6. The molecule has 31 heavy (non-hydrogen) atoms. The van der Waals surface area contributed by atoms with Gasteiger partial charge in [0.25, 0.3) is 0 Å². The Morgan fingerprint density at radius 2 is 1.74 bits per heavy atom. The lowest BCUT2D eigenvalue weighted by atomic mass is 10.2. The van der Waals surface area contributed by atoms with Crippen LogP contribution in [0.25, 0.3) is 20.8 Å². The molecule has 0 aliphatic rings. The number of aromatic nitrogens is 1. The average molecular weight is 434 g/mol. The molecule has 158 valence electrons. The van der Waals surface area contributed by atoms with E-state index in [1.807, 2.05) is 48.5 Å². The molecule has 1 heterocycles. The van der Waals surface area contributed by atoms with Crippen molar-refractivity contribution in [3.05, 3.63) is 71.8 Å². The summed E-state index contributed by atoms with van der Waals surface area (Å²) in [6.07, 6.45) is 0. The third kappa shape index (κ3) is 4.78. The highest BCUT2D eigenvalue weighted by Gasteiger charge is 2.09. The summed E-state index contributed by atoms with van der Waals surface area (Å²) in [5.74, 6) is 1.28. The van der Waals surface area contributed by atoms with E-state index in [4.69, 9.17) is 14.5 Å². The monoisotopic (exact) mass is 433 g/mol. The second-order valence-electron chi connectivity index (χ2n) is 7.06. The molecular weight excluding hydrogens is 410 g/mol. The van der Waals surface area contributed by atoms with Gasteiger partial charge in [-0.25, -0.2) is 9.78 Å². The van der Waals surface area contributed by atoms with Crippen molar-refractivity contribution in [2.75, 3.05) is 19.5 Å². The number of hydrogen-bond acceptors (Lipinski definition) is 5. The minimum absolute atomic E-state index is 0.280. The zero-order chi connectivity index (χ0) is 21.8. The van der Waals surface area contributed by atoms with Gasteiger partial charge in [0.1, 0.15) is 5.01 Å². The molecule has 0 saturated heterocycles. The molecule has 0 saturated carbocycles. The summed E-state index contributed by atoms with van der Waals surface area (Å²) < 4.78 is 11.7. The van der Waals surface area contributed by atoms with Crippen molar-refractivity contribution in [1.82, 2.24) is 10.3 Å². The van der Waals surface area contributed by atoms with Gasteiger partial charge in [0, 0.05) is 17.8 Å². The van der Waals surface area contributed by atoms with Crippen molar-refractivity contribution in [3.8, 4) is 22.1 Å². The fraction of sp³-hybridized carbons (Fsp3) is 0.167. The summed E-state index contributed by atoms with van der Waals surface area (Å²) in [5, 5.41) is 6.66. The number of thiazole rings is 1. The van der Waals surface area contributed by atoms with Crippen LogP contribution in [0.1, 0.15) is 11.1 Å². The number of fused-ring (bicyclic) bond motifs is 1. The predicted octanol–water partition coefficient (Wildman–Crippen LogP) is 5.61. The molecule has 0 fully saturated rings. The predicted molar refractivity (Wildman–Crippen MR) is 125 cm³/mol. The van der Waals surface area contributed by atoms with Crippen LogP contribution < -0.4 is 20.1 Å². The first kappa shape index (κ1) is 20.7. The van der Waals surface area contributed by atoms with Crippen molar-refractivity contribution >= 4 is 33.3 Å². The Balaban J connectivity index is 1.37. The summed E-state index contributed by atoms with van der Waals surface area (Å²) in [4.78, 5) is 17.0. The first-order chi connectivity index (χ1) is 15.1. The van der Waals surface area contributed by atoms with Gasteiger partial charge in [0.2, 0.25) is 0 Å². The van der Waals surface area contributed by atoms with Gasteiger partial charge in [-0.2, -0.15) is 0 Å². The number of aryl methyl sites for hydroxylation is 1. The van der Waals surface area contributed by atoms with E-state index in [0.29, 0.717) is 23.7 Å².